The van der Waals surface area contributed by atoms with Crippen LogP contribution in [0.3, 0.4) is 0 Å². The average molecular weight is 913 g/mol. The minimum absolute atomic E-state index is 0. The van der Waals surface area contributed by atoms with Crippen LogP contribution >= 0.6 is 80.7 Å². The van der Waals surface area contributed by atoms with Crippen molar-refractivity contribution < 1.29 is 32.8 Å². The Labute approximate surface area is 329 Å². The number of nitrogens with zero attached hydrogens (tertiary/aromatic N) is 8. The summed E-state index contributed by atoms with van der Waals surface area (Å²) in [5.41, 5.74) is 3.02. The summed E-state index contributed by atoms with van der Waals surface area (Å²) in [7, 11) is -4.79. The van der Waals surface area contributed by atoms with E-state index in [2.05, 4.69) is 41.2 Å². The molecule has 8 aromatic heterocycles. The molecular formula is C30H22Cl8N8PdSi. The largest absolute Gasteiger partial charge is 2.00 e. The molecule has 0 N–H and O–H groups in total. The van der Waals surface area contributed by atoms with Gasteiger partial charge in [-0.25, -0.2) is 0 Å². The smallest absolute Gasteiger partial charge is 1.00 e. The first-order chi connectivity index (χ1) is 22.1. The SMILES string of the molecule is ClC(Cl)Cl.ClC(Cl)Cl.Cl[Si-](n1ccc2cccnc21)(n1ccc2cccnc21)(n1ccc2cccnc21)n1ccc2cccnc21.[Cl-].[Pd+2]. The second kappa shape index (κ2) is 15.9. The van der Waals surface area contributed by atoms with Gasteiger partial charge in [0.25, 0.3) is 0 Å². The van der Waals surface area contributed by atoms with Gasteiger partial charge >= 0.3 is 242 Å². The molecule has 0 bridgehead atoms. The van der Waals surface area contributed by atoms with Gasteiger partial charge in [-0.15, -0.1) is 0 Å². The van der Waals surface area contributed by atoms with Crippen LogP contribution in [0.5, 0.6) is 0 Å². The molecule has 0 aromatic carbocycles. The second-order valence-electron chi connectivity index (χ2n) is 9.84. The van der Waals surface area contributed by atoms with Gasteiger partial charge in [0, 0.05) is 0 Å². The molecule has 0 fully saturated rings. The number of alkyl halides is 6. The maximum atomic E-state index is 8.63. The minimum atomic E-state index is -4.79. The molecule has 0 amide bonds. The summed E-state index contributed by atoms with van der Waals surface area (Å²) in [6, 6.07) is 24.1. The number of hydrogen-bond donors (Lipinski definition) is 0. The number of fused-ring (bicyclic) bond motifs is 4. The fourth-order valence-electron chi connectivity index (χ4n) is 5.80. The van der Waals surface area contributed by atoms with Crippen LogP contribution in [-0.2, 0) is 20.4 Å². The molecule has 8 nitrogen and oxygen atoms in total. The molecule has 0 radical (unpaired) electrons. The molecule has 0 saturated carbocycles. The van der Waals surface area contributed by atoms with Crippen molar-refractivity contribution in [1.29, 1.82) is 0 Å². The van der Waals surface area contributed by atoms with Gasteiger partial charge < -0.3 is 12.4 Å². The van der Waals surface area contributed by atoms with Gasteiger partial charge in [0.15, 0.2) is 8.59 Å². The molecule has 0 spiro atoms. The molecule has 48 heavy (non-hydrogen) atoms. The van der Waals surface area contributed by atoms with Gasteiger partial charge in [-0.1, -0.05) is 69.6 Å². The van der Waals surface area contributed by atoms with E-state index in [4.69, 9.17) is 101 Å². The predicted octanol–water partition coefficient (Wildman–Crippen LogP) is 6.68. The first-order valence-corrected chi connectivity index (χ1v) is 19.5. The molecule has 0 saturated heterocycles. The molecule has 0 unspecified atom stereocenters. The third-order valence-corrected chi connectivity index (χ3v) is 14.4. The van der Waals surface area contributed by atoms with Crippen LogP contribution in [0.25, 0.3) is 44.1 Å². The standard InChI is InChI=1S/C28H20ClN8Si.2CHCl3.ClH.Pd/c29-38(34-17-9-21-5-1-13-30-25(21)34,35-18-10-22-6-2-14-31-26(22)35,36-19-11-23-7-3-15-32-27(23)36)37-20-12-24-8-4-16-33-28(24)37;2*2-1(3)4;;/h1-20H;2*1H;1H;/q-1;;;;+2/p-1. The van der Waals surface area contributed by atoms with E-state index in [-0.39, 0.29) is 32.8 Å². The first-order valence-electron chi connectivity index (χ1n) is 13.6. The van der Waals surface area contributed by atoms with Crippen LogP contribution in [0.1, 0.15) is 0 Å². The Hall–Kier alpha value is -2.04. The maximum absolute atomic E-state index is 8.63. The summed E-state index contributed by atoms with van der Waals surface area (Å²) in [6.45, 7) is 0. The normalized spacial score (nSPS) is 12.1. The van der Waals surface area contributed by atoms with Crippen LogP contribution in [0, 0.1) is 0 Å². The zero-order valence-electron chi connectivity index (χ0n) is 24.1. The molecule has 8 aromatic rings. The first kappa shape index (κ1) is 38.8. The van der Waals surface area contributed by atoms with Gasteiger partial charge in [-0.3, -0.25) is 0 Å². The number of halogens is 8. The van der Waals surface area contributed by atoms with Crippen molar-refractivity contribution >= 4 is 132 Å². The molecule has 0 aliphatic rings. The predicted molar refractivity (Wildman–Crippen MR) is 195 cm³/mol. The molecule has 252 valence electrons. The molecule has 8 heterocycles. The van der Waals surface area contributed by atoms with Crippen molar-refractivity contribution in [2.45, 2.75) is 8.59 Å². The number of rotatable bonds is 4. The Bertz CT molecular complexity index is 1970. The van der Waals surface area contributed by atoms with Gasteiger partial charge in [0.2, 0.25) is 0 Å². The van der Waals surface area contributed by atoms with Crippen LogP contribution in [0.4, 0.5) is 0 Å². The summed E-state index contributed by atoms with van der Waals surface area (Å²) in [5.74, 6) is 0. The fourth-order valence-corrected chi connectivity index (χ4v) is 12.4. The van der Waals surface area contributed by atoms with Crippen molar-refractivity contribution in [3.8, 4) is 0 Å². The number of hydrogen-bond acceptors (Lipinski definition) is 4. The summed E-state index contributed by atoms with van der Waals surface area (Å²) in [5, 5.41) is 3.91. The molecule has 0 aliphatic heterocycles. The van der Waals surface area contributed by atoms with Gasteiger partial charge in [-0.05, 0) is 0 Å². The zero-order valence-corrected chi connectivity index (χ0v) is 32.7. The van der Waals surface area contributed by atoms with E-state index in [1.807, 2.05) is 73.3 Å². The Morgan fingerprint density at radius 2 is 0.646 bits per heavy atom. The van der Waals surface area contributed by atoms with Crippen molar-refractivity contribution in [3.63, 3.8) is 0 Å². The van der Waals surface area contributed by atoms with E-state index in [0.29, 0.717) is 0 Å². The second-order valence-corrected chi connectivity index (χ2v) is 19.6. The van der Waals surface area contributed by atoms with Gasteiger partial charge in [0.05, 0.1) is 0 Å². The molecule has 18 heteroatoms. The minimum Gasteiger partial charge on any atom is -1.00 e. The number of aromatic nitrogens is 8. The summed E-state index contributed by atoms with van der Waals surface area (Å²) in [6.07, 6.45) is 15.3. The van der Waals surface area contributed by atoms with E-state index in [0.717, 1.165) is 44.1 Å². The van der Waals surface area contributed by atoms with Crippen LogP contribution in [-0.4, -0.2) is 52.8 Å². The molecule has 8 rings (SSSR count). The van der Waals surface area contributed by atoms with Crippen molar-refractivity contribution in [1.82, 2.24) is 36.9 Å². The van der Waals surface area contributed by atoms with Crippen molar-refractivity contribution in [2.75, 3.05) is 0 Å². The van der Waals surface area contributed by atoms with Crippen LogP contribution in [0.2, 0.25) is 0 Å². The Kier molecular flexibility index (Phi) is 12.8. The summed E-state index contributed by atoms with van der Waals surface area (Å²) < 4.78 is 6.97. The summed E-state index contributed by atoms with van der Waals surface area (Å²) in [4.78, 5) is 19.4. The molecular weight excluding hydrogens is 891 g/mol. The Balaban J connectivity index is 0.000000473. The fraction of sp³-hybridized carbons (Fsp3) is 0.0667. The van der Waals surface area contributed by atoms with Crippen LogP contribution in [0.15, 0.2) is 122 Å². The molecule has 0 aliphatic carbocycles. The Morgan fingerprint density at radius 3 is 0.854 bits per heavy atom. The molecule has 0 atom stereocenters. The van der Waals surface area contributed by atoms with E-state index in [1.165, 1.54) is 0 Å². The quantitative estimate of drug-likeness (QED) is 0.112. The van der Waals surface area contributed by atoms with E-state index >= 15 is 0 Å². The van der Waals surface area contributed by atoms with E-state index in [1.54, 1.807) is 24.8 Å². The van der Waals surface area contributed by atoms with Gasteiger partial charge in [-0.2, -0.15) is 0 Å². The topological polar surface area (TPSA) is 71.3 Å². The van der Waals surface area contributed by atoms with Crippen molar-refractivity contribution in [3.05, 3.63) is 122 Å². The van der Waals surface area contributed by atoms with E-state index in [9.17, 15) is 0 Å². The number of pyridine rings is 4. The summed E-state index contributed by atoms with van der Waals surface area (Å²) >= 11 is 37.5. The van der Waals surface area contributed by atoms with Gasteiger partial charge in [0.1, 0.15) is 0 Å². The van der Waals surface area contributed by atoms with Crippen LogP contribution < -0.4 is 12.4 Å². The van der Waals surface area contributed by atoms with Crippen molar-refractivity contribution in [2.24, 2.45) is 0 Å². The third-order valence-electron chi connectivity index (χ3n) is 7.45. The maximum Gasteiger partial charge on any atom is 2.00 e. The monoisotopic (exact) mass is 908 g/mol. The third kappa shape index (κ3) is 6.71. The van der Waals surface area contributed by atoms with E-state index < -0.39 is 15.9 Å². The Morgan fingerprint density at radius 1 is 0.438 bits per heavy atom. The zero-order chi connectivity index (χ0) is 32.5. The average Bonchev–Trinajstić information content (AvgIpc) is 3.85.